The summed E-state index contributed by atoms with van der Waals surface area (Å²) >= 11 is 6.39. The number of carbonyl (C=O) groups excluding carboxylic acids is 1. The van der Waals surface area contributed by atoms with Crippen LogP contribution in [0, 0.1) is 13.8 Å². The molecule has 0 aliphatic carbocycles. The fraction of sp³-hybridized carbons (Fsp3) is 0.154. The third-order valence-electron chi connectivity index (χ3n) is 5.81. The maximum absolute atomic E-state index is 13.6. The van der Waals surface area contributed by atoms with Gasteiger partial charge in [-0.25, -0.2) is 0 Å². The Labute approximate surface area is 184 Å². The normalized spacial score (nSPS) is 15.5. The van der Waals surface area contributed by atoms with Crippen LogP contribution in [0.4, 0.5) is 0 Å². The van der Waals surface area contributed by atoms with Crippen molar-refractivity contribution in [2.24, 2.45) is 0 Å². The zero-order valence-corrected chi connectivity index (χ0v) is 17.9. The fourth-order valence-electron chi connectivity index (χ4n) is 4.20. The molecule has 31 heavy (non-hydrogen) atoms. The summed E-state index contributed by atoms with van der Waals surface area (Å²) in [5, 5.41) is 1.07. The maximum atomic E-state index is 13.6. The van der Waals surface area contributed by atoms with Crippen molar-refractivity contribution < 1.29 is 9.21 Å². The lowest BCUT2D eigenvalue weighted by atomic mass is 9.97. The first-order valence-corrected chi connectivity index (χ1v) is 10.5. The molecule has 4 nitrogen and oxygen atoms in total. The number of aryl methyl sites for hydroxylation is 2. The van der Waals surface area contributed by atoms with E-state index in [2.05, 4.69) is 0 Å². The van der Waals surface area contributed by atoms with Gasteiger partial charge in [0.25, 0.3) is 5.91 Å². The van der Waals surface area contributed by atoms with E-state index in [-0.39, 0.29) is 23.6 Å². The molecule has 4 aromatic rings. The van der Waals surface area contributed by atoms with Crippen molar-refractivity contribution in [2.75, 3.05) is 0 Å². The Morgan fingerprint density at radius 3 is 2.39 bits per heavy atom. The highest BCUT2D eigenvalue weighted by atomic mass is 35.5. The molecule has 2 heterocycles. The number of hydrogen-bond donors (Lipinski definition) is 0. The Morgan fingerprint density at radius 2 is 1.65 bits per heavy atom. The Kier molecular flexibility index (Phi) is 4.67. The summed E-state index contributed by atoms with van der Waals surface area (Å²) in [5.41, 5.74) is 4.39. The lowest BCUT2D eigenvalue weighted by Crippen LogP contribution is -2.29. The van der Waals surface area contributed by atoms with Crippen molar-refractivity contribution in [3.8, 4) is 0 Å². The fourth-order valence-corrected chi connectivity index (χ4v) is 4.40. The van der Waals surface area contributed by atoms with E-state index in [1.807, 2.05) is 68.4 Å². The Morgan fingerprint density at radius 1 is 0.935 bits per heavy atom. The van der Waals surface area contributed by atoms with Gasteiger partial charge in [-0.1, -0.05) is 71.3 Å². The summed E-state index contributed by atoms with van der Waals surface area (Å²) in [6, 6.07) is 20.2. The topological polar surface area (TPSA) is 50.5 Å². The summed E-state index contributed by atoms with van der Waals surface area (Å²) in [6.45, 7) is 4.21. The summed E-state index contributed by atoms with van der Waals surface area (Å²) < 4.78 is 6.00. The number of halogens is 1. The van der Waals surface area contributed by atoms with Crippen molar-refractivity contribution in [1.29, 1.82) is 0 Å². The van der Waals surface area contributed by atoms with Crippen LogP contribution in [0.25, 0.3) is 11.0 Å². The molecule has 3 aromatic carbocycles. The minimum atomic E-state index is -0.541. The summed E-state index contributed by atoms with van der Waals surface area (Å²) in [4.78, 5) is 28.7. The highest BCUT2D eigenvalue weighted by Crippen LogP contribution is 2.39. The van der Waals surface area contributed by atoms with Gasteiger partial charge in [-0.2, -0.15) is 0 Å². The SMILES string of the molecule is Cc1ccc(C2c3c(oc4ccc(C)cc4c3=O)C(=O)N2Cc2ccccc2Cl)cc1. The van der Waals surface area contributed by atoms with E-state index in [4.69, 9.17) is 16.0 Å². The molecule has 0 N–H and O–H groups in total. The van der Waals surface area contributed by atoms with E-state index in [0.29, 0.717) is 21.6 Å². The molecule has 1 aliphatic heterocycles. The van der Waals surface area contributed by atoms with Gasteiger partial charge in [-0.3, -0.25) is 9.59 Å². The maximum Gasteiger partial charge on any atom is 0.291 e. The summed E-state index contributed by atoms with van der Waals surface area (Å²) in [7, 11) is 0. The lowest BCUT2D eigenvalue weighted by molar-refractivity contribution is 0.0714. The highest BCUT2D eigenvalue weighted by molar-refractivity contribution is 6.31. The van der Waals surface area contributed by atoms with Crippen molar-refractivity contribution in [3.05, 3.63) is 116 Å². The van der Waals surface area contributed by atoms with E-state index in [0.717, 1.165) is 22.3 Å². The van der Waals surface area contributed by atoms with Crippen molar-refractivity contribution in [2.45, 2.75) is 26.4 Å². The van der Waals surface area contributed by atoms with Crippen LogP contribution in [0.2, 0.25) is 5.02 Å². The van der Waals surface area contributed by atoms with E-state index in [1.165, 1.54) is 0 Å². The molecular formula is C26H20ClNO3. The molecule has 0 spiro atoms. The molecule has 0 radical (unpaired) electrons. The average Bonchev–Trinajstić information content (AvgIpc) is 3.03. The van der Waals surface area contributed by atoms with Crippen LogP contribution in [0.1, 0.15) is 44.4 Å². The van der Waals surface area contributed by atoms with Crippen LogP contribution < -0.4 is 5.43 Å². The first-order chi connectivity index (χ1) is 14.9. The molecule has 1 atom stereocenters. The standard InChI is InChI=1S/C26H20ClNO3/c1-15-7-10-17(11-8-15)23-22-24(29)19-13-16(2)9-12-21(19)31-25(22)26(30)28(23)14-18-5-3-4-6-20(18)27/h3-13,23H,14H2,1-2H3. The van der Waals surface area contributed by atoms with Gasteiger partial charge >= 0.3 is 0 Å². The van der Waals surface area contributed by atoms with Crippen molar-refractivity contribution >= 4 is 28.5 Å². The molecule has 0 fully saturated rings. The molecule has 154 valence electrons. The monoisotopic (exact) mass is 429 g/mol. The Hall–Kier alpha value is -3.37. The molecule has 1 aliphatic rings. The molecular weight excluding hydrogens is 410 g/mol. The van der Waals surface area contributed by atoms with E-state index < -0.39 is 6.04 Å². The molecule has 5 heteroatoms. The van der Waals surface area contributed by atoms with E-state index in [1.54, 1.807) is 17.0 Å². The second kappa shape index (κ2) is 7.40. The smallest absolute Gasteiger partial charge is 0.291 e. The predicted octanol–water partition coefficient (Wildman–Crippen LogP) is 5.81. The highest BCUT2D eigenvalue weighted by Gasteiger charge is 2.42. The number of fused-ring (bicyclic) bond motifs is 2. The zero-order valence-electron chi connectivity index (χ0n) is 17.2. The van der Waals surface area contributed by atoms with Crippen LogP contribution in [-0.2, 0) is 6.54 Å². The molecule has 1 unspecified atom stereocenters. The van der Waals surface area contributed by atoms with E-state index >= 15 is 0 Å². The van der Waals surface area contributed by atoms with Gasteiger partial charge < -0.3 is 9.32 Å². The van der Waals surface area contributed by atoms with Crippen LogP contribution >= 0.6 is 11.6 Å². The average molecular weight is 430 g/mol. The second-order valence-corrected chi connectivity index (χ2v) is 8.42. The Bertz CT molecular complexity index is 1390. The number of hydrogen-bond acceptors (Lipinski definition) is 3. The molecule has 1 aromatic heterocycles. The van der Waals surface area contributed by atoms with Crippen molar-refractivity contribution in [1.82, 2.24) is 4.90 Å². The van der Waals surface area contributed by atoms with Crippen LogP contribution in [-0.4, -0.2) is 10.8 Å². The molecule has 0 saturated heterocycles. The van der Waals surface area contributed by atoms with Crippen LogP contribution in [0.15, 0.2) is 75.9 Å². The van der Waals surface area contributed by atoms with Gasteiger partial charge in [0.15, 0.2) is 5.43 Å². The summed E-state index contributed by atoms with van der Waals surface area (Å²) in [6.07, 6.45) is 0. The molecule has 0 saturated carbocycles. The van der Waals surface area contributed by atoms with Crippen molar-refractivity contribution in [3.63, 3.8) is 0 Å². The zero-order chi connectivity index (χ0) is 21.7. The quantitative estimate of drug-likeness (QED) is 0.413. The second-order valence-electron chi connectivity index (χ2n) is 8.01. The minimum Gasteiger partial charge on any atom is -0.450 e. The number of rotatable bonds is 3. The molecule has 0 bridgehead atoms. The number of amides is 1. The number of benzene rings is 3. The summed E-state index contributed by atoms with van der Waals surface area (Å²) in [5.74, 6) is -0.195. The predicted molar refractivity (Wildman–Crippen MR) is 122 cm³/mol. The molecule has 1 amide bonds. The van der Waals surface area contributed by atoms with Gasteiger partial charge in [0, 0.05) is 11.6 Å². The third-order valence-corrected chi connectivity index (χ3v) is 6.18. The van der Waals surface area contributed by atoms with Gasteiger partial charge in [0.1, 0.15) is 5.58 Å². The van der Waals surface area contributed by atoms with Gasteiger partial charge in [-0.05, 0) is 43.2 Å². The lowest BCUT2D eigenvalue weighted by Gasteiger charge is -2.25. The number of nitrogens with zero attached hydrogens (tertiary/aromatic N) is 1. The van der Waals surface area contributed by atoms with Gasteiger partial charge in [0.05, 0.1) is 17.0 Å². The number of carbonyl (C=O) groups is 1. The minimum absolute atomic E-state index is 0.110. The van der Waals surface area contributed by atoms with E-state index in [9.17, 15) is 9.59 Å². The largest absolute Gasteiger partial charge is 0.450 e. The molecule has 5 rings (SSSR count). The third kappa shape index (κ3) is 3.24. The van der Waals surface area contributed by atoms with Crippen LogP contribution in [0.5, 0.6) is 0 Å². The van der Waals surface area contributed by atoms with Crippen LogP contribution in [0.3, 0.4) is 0 Å². The Balaban J connectivity index is 1.74. The van der Waals surface area contributed by atoms with Gasteiger partial charge in [-0.15, -0.1) is 0 Å². The van der Waals surface area contributed by atoms with Gasteiger partial charge in [0.2, 0.25) is 5.76 Å². The first-order valence-electron chi connectivity index (χ1n) is 10.1. The first kappa shape index (κ1) is 19.6.